The third kappa shape index (κ3) is 7.38. The average Bonchev–Trinajstić information content (AvgIpc) is 2.61. The lowest BCUT2D eigenvalue weighted by atomic mass is 9.99. The Morgan fingerprint density at radius 3 is 2.84 bits per heavy atom. The lowest BCUT2D eigenvalue weighted by Gasteiger charge is -2.32. The van der Waals surface area contributed by atoms with Crippen LogP contribution in [0, 0.1) is 5.92 Å². The molecule has 0 bridgehead atoms. The molecule has 1 aromatic carbocycles. The number of anilines is 1. The molecule has 0 saturated carbocycles. The number of nitrogens with one attached hydrogen (secondary N) is 1. The number of amides is 2. The summed E-state index contributed by atoms with van der Waals surface area (Å²) < 4.78 is 6.18. The van der Waals surface area contributed by atoms with E-state index in [4.69, 9.17) is 4.74 Å². The summed E-state index contributed by atoms with van der Waals surface area (Å²) in [7, 11) is 1.71. The van der Waals surface area contributed by atoms with Crippen molar-refractivity contribution in [1.29, 1.82) is 0 Å². The van der Waals surface area contributed by atoms with E-state index in [1.165, 1.54) is 11.8 Å². The molecule has 1 heterocycles. The van der Waals surface area contributed by atoms with Crippen LogP contribution in [0.5, 0.6) is 0 Å². The van der Waals surface area contributed by atoms with E-state index in [1.807, 2.05) is 29.2 Å². The molecule has 0 spiro atoms. The molecule has 25 heavy (non-hydrogen) atoms. The zero-order chi connectivity index (χ0) is 18.1. The number of likely N-dealkylation sites (tertiary alicyclic amines) is 1. The molecule has 5 nitrogen and oxygen atoms in total. The van der Waals surface area contributed by atoms with Crippen LogP contribution in [0.15, 0.2) is 28.7 Å². The van der Waals surface area contributed by atoms with Crippen molar-refractivity contribution >= 4 is 45.2 Å². The van der Waals surface area contributed by atoms with Gasteiger partial charge in [0.1, 0.15) is 0 Å². The molecule has 1 saturated heterocycles. The van der Waals surface area contributed by atoms with Gasteiger partial charge in [0.05, 0.1) is 12.4 Å². The number of ether oxygens (including phenoxy) is 1. The number of methoxy groups -OCH3 is 1. The van der Waals surface area contributed by atoms with Gasteiger partial charge in [-0.3, -0.25) is 9.59 Å². The average molecular weight is 429 g/mol. The molecule has 2 amide bonds. The van der Waals surface area contributed by atoms with Gasteiger partial charge in [-0.25, -0.2) is 0 Å². The second kappa shape index (κ2) is 10.8. The molecule has 138 valence electrons. The molecule has 0 radical (unpaired) electrons. The third-order valence-electron chi connectivity index (χ3n) is 4.10. The van der Waals surface area contributed by atoms with E-state index in [0.29, 0.717) is 23.8 Å². The number of rotatable bonds is 8. The van der Waals surface area contributed by atoms with Gasteiger partial charge in [0, 0.05) is 42.5 Å². The van der Waals surface area contributed by atoms with Gasteiger partial charge in [-0.2, -0.15) is 11.8 Å². The number of halogens is 1. The van der Waals surface area contributed by atoms with Gasteiger partial charge in [-0.15, -0.1) is 0 Å². The summed E-state index contributed by atoms with van der Waals surface area (Å²) in [5, 5.41) is 2.85. The predicted octanol–water partition coefficient (Wildman–Crippen LogP) is 3.40. The number of nitrogens with zero attached hydrogens (tertiary/aromatic N) is 1. The van der Waals surface area contributed by atoms with Crippen LogP contribution in [-0.4, -0.2) is 55.0 Å². The molecule has 2 rings (SSSR count). The summed E-state index contributed by atoms with van der Waals surface area (Å²) >= 11 is 4.86. The van der Waals surface area contributed by atoms with Crippen LogP contribution in [0.2, 0.25) is 0 Å². The second-order valence-electron chi connectivity index (χ2n) is 6.16. The minimum atomic E-state index is -0.0436. The fraction of sp³-hybridized carbons (Fsp3) is 0.556. The van der Waals surface area contributed by atoms with Crippen LogP contribution < -0.4 is 5.32 Å². The molecule has 0 aliphatic carbocycles. The maximum atomic E-state index is 12.3. The minimum Gasteiger partial charge on any atom is -0.384 e. The highest BCUT2D eigenvalue weighted by Gasteiger charge is 2.23. The summed E-state index contributed by atoms with van der Waals surface area (Å²) in [6.07, 6.45) is 2.65. The molecule has 1 aromatic rings. The van der Waals surface area contributed by atoms with Crippen molar-refractivity contribution in [1.82, 2.24) is 4.90 Å². The topological polar surface area (TPSA) is 58.6 Å². The Balaban J connectivity index is 1.62. The Labute approximate surface area is 162 Å². The highest BCUT2D eigenvalue weighted by Crippen LogP contribution is 2.18. The summed E-state index contributed by atoms with van der Waals surface area (Å²) in [5.74, 6) is 1.61. The van der Waals surface area contributed by atoms with Crippen molar-refractivity contribution in [3.05, 3.63) is 28.7 Å². The summed E-state index contributed by atoms with van der Waals surface area (Å²) in [6.45, 7) is 2.35. The van der Waals surface area contributed by atoms with E-state index in [-0.39, 0.29) is 11.8 Å². The molecule has 1 N–H and O–H groups in total. The van der Waals surface area contributed by atoms with Crippen LogP contribution in [0.3, 0.4) is 0 Å². The lowest BCUT2D eigenvalue weighted by Crippen LogP contribution is -2.41. The third-order valence-corrected chi connectivity index (χ3v) is 5.58. The fourth-order valence-electron chi connectivity index (χ4n) is 2.88. The normalized spacial score (nSPS) is 17.4. The van der Waals surface area contributed by atoms with Gasteiger partial charge in [-0.05, 0) is 43.0 Å². The summed E-state index contributed by atoms with van der Waals surface area (Å²) in [5.41, 5.74) is 0.780. The SMILES string of the molecule is COCC1CCCN(C(=O)CCSCC(=O)Nc2ccc(Br)cc2)C1. The molecular weight excluding hydrogens is 404 g/mol. The van der Waals surface area contributed by atoms with Crippen LogP contribution in [0.25, 0.3) is 0 Å². The standard InChI is InChI=1S/C18H25BrN2O3S/c1-24-12-14-3-2-9-21(11-14)18(23)8-10-25-13-17(22)20-16-6-4-15(19)5-7-16/h4-7,14H,2-3,8-13H2,1H3,(H,20,22). The van der Waals surface area contributed by atoms with Gasteiger partial charge in [0.25, 0.3) is 0 Å². The second-order valence-corrected chi connectivity index (χ2v) is 8.18. The van der Waals surface area contributed by atoms with Crippen molar-refractivity contribution in [3.63, 3.8) is 0 Å². The van der Waals surface area contributed by atoms with Crippen molar-refractivity contribution in [3.8, 4) is 0 Å². The number of benzene rings is 1. The smallest absolute Gasteiger partial charge is 0.234 e. The molecule has 1 atom stereocenters. The van der Waals surface area contributed by atoms with E-state index in [2.05, 4.69) is 21.2 Å². The minimum absolute atomic E-state index is 0.0436. The number of hydrogen-bond acceptors (Lipinski definition) is 4. The molecule has 1 aliphatic rings. The van der Waals surface area contributed by atoms with Crippen molar-refractivity contribution in [2.45, 2.75) is 19.3 Å². The van der Waals surface area contributed by atoms with E-state index in [9.17, 15) is 9.59 Å². The van der Waals surface area contributed by atoms with Crippen LogP contribution >= 0.6 is 27.7 Å². The number of carbonyl (C=O) groups is 2. The Bertz CT molecular complexity index is 566. The first-order valence-electron chi connectivity index (χ1n) is 8.48. The highest BCUT2D eigenvalue weighted by atomic mass is 79.9. The van der Waals surface area contributed by atoms with Crippen molar-refractivity contribution < 1.29 is 14.3 Å². The summed E-state index contributed by atoms with van der Waals surface area (Å²) in [4.78, 5) is 26.1. The summed E-state index contributed by atoms with van der Waals surface area (Å²) in [6, 6.07) is 7.47. The number of hydrogen-bond donors (Lipinski definition) is 1. The fourth-order valence-corrected chi connectivity index (χ4v) is 3.86. The Morgan fingerprint density at radius 2 is 2.12 bits per heavy atom. The van der Waals surface area contributed by atoms with Crippen molar-refractivity contribution in [2.24, 2.45) is 5.92 Å². The van der Waals surface area contributed by atoms with Crippen LogP contribution in [0.4, 0.5) is 5.69 Å². The van der Waals surface area contributed by atoms with Crippen LogP contribution in [0.1, 0.15) is 19.3 Å². The molecule has 0 aromatic heterocycles. The van der Waals surface area contributed by atoms with E-state index in [0.717, 1.165) is 42.7 Å². The monoisotopic (exact) mass is 428 g/mol. The maximum absolute atomic E-state index is 12.3. The Kier molecular flexibility index (Phi) is 8.78. The molecule has 7 heteroatoms. The lowest BCUT2D eigenvalue weighted by molar-refractivity contribution is -0.133. The maximum Gasteiger partial charge on any atom is 0.234 e. The number of thioether (sulfide) groups is 1. The molecule has 1 fully saturated rings. The predicted molar refractivity (Wildman–Crippen MR) is 106 cm³/mol. The Hall–Kier alpha value is -1.05. The quantitative estimate of drug-likeness (QED) is 0.644. The first-order chi connectivity index (χ1) is 12.1. The molecule has 1 aliphatic heterocycles. The Morgan fingerprint density at radius 1 is 1.36 bits per heavy atom. The van der Waals surface area contributed by atoms with Crippen LogP contribution in [-0.2, 0) is 14.3 Å². The first-order valence-corrected chi connectivity index (χ1v) is 10.4. The van der Waals surface area contributed by atoms with E-state index in [1.54, 1.807) is 7.11 Å². The zero-order valence-corrected chi connectivity index (χ0v) is 16.9. The zero-order valence-electron chi connectivity index (χ0n) is 14.5. The van der Waals surface area contributed by atoms with Crippen molar-refractivity contribution in [2.75, 3.05) is 43.6 Å². The van der Waals surface area contributed by atoms with Gasteiger partial charge in [0.15, 0.2) is 0 Å². The molecular formula is C18H25BrN2O3S. The largest absolute Gasteiger partial charge is 0.384 e. The first kappa shape index (κ1) is 20.3. The van der Waals surface area contributed by atoms with Gasteiger partial charge < -0.3 is 15.0 Å². The van der Waals surface area contributed by atoms with Gasteiger partial charge in [0.2, 0.25) is 11.8 Å². The van der Waals surface area contributed by atoms with E-state index >= 15 is 0 Å². The highest BCUT2D eigenvalue weighted by molar-refractivity contribution is 9.10. The number of carbonyl (C=O) groups excluding carboxylic acids is 2. The molecule has 1 unspecified atom stereocenters. The van der Waals surface area contributed by atoms with E-state index < -0.39 is 0 Å². The van der Waals surface area contributed by atoms with Gasteiger partial charge >= 0.3 is 0 Å². The number of piperidine rings is 1. The van der Waals surface area contributed by atoms with Gasteiger partial charge in [-0.1, -0.05) is 15.9 Å².